The molecule has 4 heteroatoms. The molecule has 1 saturated carbocycles. The zero-order chi connectivity index (χ0) is 13.3. The maximum absolute atomic E-state index is 11.8. The summed E-state index contributed by atoms with van der Waals surface area (Å²) >= 11 is 5.12. The second-order valence-corrected chi connectivity index (χ2v) is 7.40. The zero-order valence-electron chi connectivity index (χ0n) is 10.5. The maximum atomic E-state index is 11.8. The second kappa shape index (κ2) is 5.17. The predicted molar refractivity (Wildman–Crippen MR) is 79.1 cm³/mol. The van der Waals surface area contributed by atoms with Gasteiger partial charge < -0.3 is 5.11 Å². The molecular formula is C14H17BrO2S. The van der Waals surface area contributed by atoms with E-state index in [1.54, 1.807) is 11.3 Å². The van der Waals surface area contributed by atoms with Crippen LogP contribution in [0.4, 0.5) is 0 Å². The summed E-state index contributed by atoms with van der Waals surface area (Å²) in [5, 5.41) is 9.68. The van der Waals surface area contributed by atoms with Gasteiger partial charge in [0.05, 0.1) is 9.20 Å². The lowest BCUT2D eigenvalue weighted by molar-refractivity contribution is -0.145. The van der Waals surface area contributed by atoms with E-state index in [1.807, 2.05) is 13.0 Å². The van der Waals surface area contributed by atoms with Crippen LogP contribution < -0.4 is 0 Å². The summed E-state index contributed by atoms with van der Waals surface area (Å²) < 4.78 is 0.949. The molecular weight excluding hydrogens is 312 g/mol. The van der Waals surface area contributed by atoms with Crippen LogP contribution in [0, 0.1) is 0 Å². The van der Waals surface area contributed by atoms with E-state index in [1.165, 1.54) is 0 Å². The number of halogens is 1. The van der Waals surface area contributed by atoms with Gasteiger partial charge in [-0.2, -0.15) is 0 Å². The van der Waals surface area contributed by atoms with E-state index < -0.39 is 11.4 Å². The van der Waals surface area contributed by atoms with Crippen LogP contribution in [0.5, 0.6) is 0 Å². The summed E-state index contributed by atoms with van der Waals surface area (Å²) in [4.78, 5) is 12.8. The molecule has 18 heavy (non-hydrogen) atoms. The molecule has 1 aromatic heterocycles. The number of allylic oxidation sites excluding steroid dienone is 1. The highest BCUT2D eigenvalue weighted by Crippen LogP contribution is 2.46. The molecule has 0 bridgehead atoms. The van der Waals surface area contributed by atoms with Gasteiger partial charge >= 0.3 is 5.97 Å². The average Bonchev–Trinajstić information content (AvgIpc) is 2.72. The highest BCUT2D eigenvalue weighted by atomic mass is 79.9. The van der Waals surface area contributed by atoms with E-state index in [0.29, 0.717) is 0 Å². The molecule has 1 N–H and O–H groups in total. The minimum Gasteiger partial charge on any atom is -0.481 e. The number of carboxylic acid groups (broad SMARTS) is 1. The summed E-state index contributed by atoms with van der Waals surface area (Å²) in [5.41, 5.74) is 1.24. The van der Waals surface area contributed by atoms with Gasteiger partial charge in [0.15, 0.2) is 0 Å². The van der Waals surface area contributed by atoms with Gasteiger partial charge in [-0.3, -0.25) is 4.79 Å². The molecule has 1 fully saturated rings. The number of rotatable bonds is 3. The van der Waals surface area contributed by atoms with Crippen molar-refractivity contribution in [2.45, 2.75) is 44.4 Å². The van der Waals surface area contributed by atoms with Crippen LogP contribution >= 0.6 is 27.3 Å². The predicted octanol–water partition coefficient (Wildman–Crippen LogP) is 4.83. The second-order valence-electron chi connectivity index (χ2n) is 5.03. The molecule has 0 spiro atoms. The number of hydrogen-bond donors (Lipinski definition) is 1. The molecule has 0 saturated heterocycles. The first kappa shape index (κ1) is 13.8. The lowest BCUT2D eigenvalue weighted by Crippen LogP contribution is -2.37. The molecule has 1 heterocycles. The van der Waals surface area contributed by atoms with Gasteiger partial charge in [-0.1, -0.05) is 25.8 Å². The van der Waals surface area contributed by atoms with E-state index in [0.717, 1.165) is 51.9 Å². The van der Waals surface area contributed by atoms with Gasteiger partial charge in [0.25, 0.3) is 0 Å². The fourth-order valence-corrected chi connectivity index (χ4v) is 4.58. The lowest BCUT2D eigenvalue weighted by Gasteiger charge is -2.33. The first-order valence-corrected chi connectivity index (χ1v) is 7.77. The quantitative estimate of drug-likeness (QED) is 0.862. The summed E-state index contributed by atoms with van der Waals surface area (Å²) in [6.07, 6.45) is 4.62. The smallest absolute Gasteiger partial charge is 0.314 e. The maximum Gasteiger partial charge on any atom is 0.314 e. The monoisotopic (exact) mass is 328 g/mol. The Morgan fingerprint density at radius 2 is 2.06 bits per heavy atom. The van der Waals surface area contributed by atoms with Gasteiger partial charge in [-0.15, -0.1) is 11.3 Å². The molecule has 1 aliphatic rings. The highest BCUT2D eigenvalue weighted by molar-refractivity contribution is 9.11. The zero-order valence-corrected chi connectivity index (χ0v) is 12.9. The van der Waals surface area contributed by atoms with Crippen molar-refractivity contribution in [3.05, 3.63) is 26.9 Å². The van der Waals surface area contributed by atoms with Gasteiger partial charge in [-0.05, 0) is 52.9 Å². The van der Waals surface area contributed by atoms with Crippen molar-refractivity contribution in [1.82, 2.24) is 0 Å². The van der Waals surface area contributed by atoms with Crippen molar-refractivity contribution in [2.24, 2.45) is 0 Å². The average molecular weight is 329 g/mol. The largest absolute Gasteiger partial charge is 0.481 e. The van der Waals surface area contributed by atoms with E-state index >= 15 is 0 Å². The molecule has 0 radical (unpaired) electrons. The minimum absolute atomic E-state index is 0.686. The van der Waals surface area contributed by atoms with Crippen LogP contribution in [-0.4, -0.2) is 11.1 Å². The van der Waals surface area contributed by atoms with Crippen molar-refractivity contribution in [3.8, 4) is 0 Å². The van der Waals surface area contributed by atoms with E-state index in [4.69, 9.17) is 0 Å². The Bertz CT molecular complexity index is 484. The molecule has 98 valence electrons. The van der Waals surface area contributed by atoms with Gasteiger partial charge in [0.2, 0.25) is 0 Å². The van der Waals surface area contributed by atoms with Gasteiger partial charge in [0.1, 0.15) is 0 Å². The minimum atomic E-state index is -0.693. The van der Waals surface area contributed by atoms with Crippen LogP contribution in [0.15, 0.2) is 16.4 Å². The standard InChI is InChI=1S/C14H17BrO2S/c1-9(2)11-8-10(12(15)18-11)14(13(16)17)6-4-3-5-7-14/h8H,1,3-7H2,2H3,(H,16,17). The van der Waals surface area contributed by atoms with Crippen LogP contribution in [-0.2, 0) is 10.2 Å². The van der Waals surface area contributed by atoms with Crippen LogP contribution in [0.3, 0.4) is 0 Å². The Kier molecular flexibility index (Phi) is 3.97. The van der Waals surface area contributed by atoms with E-state index in [-0.39, 0.29) is 0 Å². The third kappa shape index (κ3) is 2.28. The summed E-state index contributed by atoms with van der Waals surface area (Å²) in [7, 11) is 0. The molecule has 0 amide bonds. The molecule has 2 nitrogen and oxygen atoms in total. The third-order valence-corrected chi connectivity index (χ3v) is 5.74. The number of carbonyl (C=O) groups is 1. The number of aliphatic carboxylic acids is 1. The van der Waals surface area contributed by atoms with E-state index in [9.17, 15) is 9.90 Å². The SMILES string of the molecule is C=C(C)c1cc(C2(C(=O)O)CCCCC2)c(Br)s1. The Balaban J connectivity index is 2.48. The highest BCUT2D eigenvalue weighted by Gasteiger charge is 2.43. The Labute approximate surface area is 120 Å². The van der Waals surface area contributed by atoms with Gasteiger partial charge in [-0.25, -0.2) is 0 Å². The van der Waals surface area contributed by atoms with Crippen LogP contribution in [0.1, 0.15) is 49.5 Å². The molecule has 0 unspecified atom stereocenters. The Morgan fingerprint density at radius 3 is 2.50 bits per heavy atom. The van der Waals surface area contributed by atoms with Crippen molar-refractivity contribution < 1.29 is 9.90 Å². The number of thiophene rings is 1. The molecule has 2 rings (SSSR count). The molecule has 0 aromatic carbocycles. The third-order valence-electron chi connectivity index (χ3n) is 3.74. The van der Waals surface area contributed by atoms with E-state index in [2.05, 4.69) is 22.5 Å². The number of carboxylic acids is 1. The first-order valence-electron chi connectivity index (χ1n) is 6.16. The van der Waals surface area contributed by atoms with Crippen molar-refractivity contribution in [3.63, 3.8) is 0 Å². The molecule has 1 aromatic rings. The van der Waals surface area contributed by atoms with Crippen molar-refractivity contribution in [2.75, 3.05) is 0 Å². The Morgan fingerprint density at radius 1 is 1.44 bits per heavy atom. The molecule has 0 aliphatic heterocycles. The molecule has 0 atom stereocenters. The fourth-order valence-electron chi connectivity index (χ4n) is 2.66. The summed E-state index contributed by atoms with van der Waals surface area (Å²) in [5.74, 6) is -0.686. The fraction of sp³-hybridized carbons (Fsp3) is 0.500. The Hall–Kier alpha value is -0.610. The normalized spacial score (nSPS) is 18.6. The molecule has 1 aliphatic carbocycles. The van der Waals surface area contributed by atoms with Gasteiger partial charge in [0, 0.05) is 4.88 Å². The summed E-state index contributed by atoms with van der Waals surface area (Å²) in [6, 6.07) is 2.01. The number of hydrogen-bond acceptors (Lipinski definition) is 2. The topological polar surface area (TPSA) is 37.3 Å². The van der Waals surface area contributed by atoms with Crippen LogP contribution in [0.2, 0.25) is 0 Å². The van der Waals surface area contributed by atoms with Crippen molar-refractivity contribution >= 4 is 38.8 Å². The lowest BCUT2D eigenvalue weighted by atomic mass is 9.70. The first-order chi connectivity index (χ1) is 8.47. The summed E-state index contributed by atoms with van der Waals surface area (Å²) in [6.45, 7) is 5.89. The van der Waals surface area contributed by atoms with Crippen LogP contribution in [0.25, 0.3) is 5.57 Å². The van der Waals surface area contributed by atoms with Crippen molar-refractivity contribution in [1.29, 1.82) is 0 Å².